The Labute approximate surface area is 115 Å². The van der Waals surface area contributed by atoms with Gasteiger partial charge in [0.2, 0.25) is 10.0 Å². The quantitative estimate of drug-likeness (QED) is 0.871. The molecule has 0 amide bonds. The van der Waals surface area contributed by atoms with Crippen LogP contribution in [-0.4, -0.2) is 19.8 Å². The maximum Gasteiger partial charge on any atom is 0.250 e. The SMILES string of the molecule is O=S(=O)(NC1CCCCC1Cl)c1ccc(Cl)s1. The van der Waals surface area contributed by atoms with Gasteiger partial charge in [0.15, 0.2) is 0 Å². The van der Waals surface area contributed by atoms with Crippen molar-refractivity contribution in [2.45, 2.75) is 41.3 Å². The molecule has 0 spiro atoms. The van der Waals surface area contributed by atoms with E-state index in [0.29, 0.717) is 4.34 Å². The van der Waals surface area contributed by atoms with Crippen LogP contribution in [0.25, 0.3) is 0 Å². The summed E-state index contributed by atoms with van der Waals surface area (Å²) in [5, 5.41) is -0.117. The van der Waals surface area contributed by atoms with Gasteiger partial charge < -0.3 is 0 Å². The van der Waals surface area contributed by atoms with Crippen molar-refractivity contribution in [3.63, 3.8) is 0 Å². The van der Waals surface area contributed by atoms with Crippen LogP contribution in [0.2, 0.25) is 4.34 Å². The van der Waals surface area contributed by atoms with E-state index in [-0.39, 0.29) is 15.6 Å². The summed E-state index contributed by atoms with van der Waals surface area (Å²) in [4.78, 5) is 0. The molecule has 1 aliphatic rings. The van der Waals surface area contributed by atoms with Gasteiger partial charge in [-0.1, -0.05) is 24.4 Å². The molecule has 1 aromatic heterocycles. The topological polar surface area (TPSA) is 46.2 Å². The van der Waals surface area contributed by atoms with Crippen molar-refractivity contribution >= 4 is 44.6 Å². The van der Waals surface area contributed by atoms with Crippen LogP contribution >= 0.6 is 34.5 Å². The number of thiophene rings is 1. The molecule has 0 aromatic carbocycles. The molecule has 1 aromatic rings. The van der Waals surface area contributed by atoms with Gasteiger partial charge >= 0.3 is 0 Å². The smallest absolute Gasteiger partial charge is 0.206 e. The minimum Gasteiger partial charge on any atom is -0.206 e. The first-order valence-corrected chi connectivity index (χ1v) is 8.52. The zero-order valence-corrected chi connectivity index (χ0v) is 12.2. The van der Waals surface area contributed by atoms with E-state index in [4.69, 9.17) is 23.2 Å². The van der Waals surface area contributed by atoms with Crippen LogP contribution in [0.4, 0.5) is 0 Å². The fourth-order valence-corrected chi connectivity index (χ4v) is 5.15. The Kier molecular flexibility index (Phi) is 4.36. The van der Waals surface area contributed by atoms with Gasteiger partial charge in [-0.3, -0.25) is 0 Å². The summed E-state index contributed by atoms with van der Waals surface area (Å²) in [7, 11) is -3.47. The third kappa shape index (κ3) is 3.35. The predicted molar refractivity (Wildman–Crippen MR) is 71.5 cm³/mol. The number of hydrogen-bond acceptors (Lipinski definition) is 3. The second kappa shape index (κ2) is 5.45. The lowest BCUT2D eigenvalue weighted by Crippen LogP contribution is -2.42. The van der Waals surface area contributed by atoms with Crippen LogP contribution in [0.3, 0.4) is 0 Å². The molecule has 7 heteroatoms. The monoisotopic (exact) mass is 313 g/mol. The minimum absolute atomic E-state index is 0.117. The molecule has 0 radical (unpaired) electrons. The number of halogens is 2. The molecule has 2 rings (SSSR count). The number of hydrogen-bond donors (Lipinski definition) is 1. The molecule has 1 heterocycles. The van der Waals surface area contributed by atoms with Gasteiger partial charge in [-0.25, -0.2) is 13.1 Å². The zero-order valence-electron chi connectivity index (χ0n) is 9.03. The van der Waals surface area contributed by atoms with Crippen molar-refractivity contribution in [1.29, 1.82) is 0 Å². The third-order valence-electron chi connectivity index (χ3n) is 2.80. The predicted octanol–water partition coefficient (Wildman–Crippen LogP) is 3.23. The van der Waals surface area contributed by atoms with Crippen molar-refractivity contribution in [3.8, 4) is 0 Å². The molecule has 0 saturated heterocycles. The van der Waals surface area contributed by atoms with E-state index in [2.05, 4.69) is 4.72 Å². The van der Waals surface area contributed by atoms with Crippen molar-refractivity contribution in [2.75, 3.05) is 0 Å². The number of alkyl halides is 1. The molecule has 96 valence electrons. The fourth-order valence-electron chi connectivity index (χ4n) is 1.92. The summed E-state index contributed by atoms with van der Waals surface area (Å²) in [6.07, 6.45) is 3.74. The molecule has 0 aliphatic heterocycles. The summed E-state index contributed by atoms with van der Waals surface area (Å²) >= 11 is 12.9. The molecule has 1 aliphatic carbocycles. The van der Waals surface area contributed by atoms with E-state index in [9.17, 15) is 8.42 Å². The Morgan fingerprint density at radius 3 is 2.59 bits per heavy atom. The molecule has 2 atom stereocenters. The molecular weight excluding hydrogens is 301 g/mol. The van der Waals surface area contributed by atoms with E-state index in [1.807, 2.05) is 0 Å². The van der Waals surface area contributed by atoms with Crippen LogP contribution in [0.15, 0.2) is 16.3 Å². The van der Waals surface area contributed by atoms with E-state index in [1.54, 1.807) is 6.07 Å². The van der Waals surface area contributed by atoms with Gasteiger partial charge in [0.05, 0.1) is 4.34 Å². The van der Waals surface area contributed by atoms with Crippen LogP contribution in [0, 0.1) is 0 Å². The largest absolute Gasteiger partial charge is 0.250 e. The first-order chi connectivity index (χ1) is 7.99. The summed E-state index contributed by atoms with van der Waals surface area (Å²) in [5.74, 6) is 0. The van der Waals surface area contributed by atoms with Gasteiger partial charge in [-0.2, -0.15) is 0 Å². The first kappa shape index (κ1) is 13.6. The molecule has 1 fully saturated rings. The van der Waals surface area contributed by atoms with Crippen LogP contribution in [0.1, 0.15) is 25.7 Å². The van der Waals surface area contributed by atoms with Crippen LogP contribution < -0.4 is 4.72 Å². The van der Waals surface area contributed by atoms with Gasteiger partial charge in [0.1, 0.15) is 4.21 Å². The molecule has 3 nitrogen and oxygen atoms in total. The third-order valence-corrected chi connectivity index (χ3v) is 6.54. The fraction of sp³-hybridized carbons (Fsp3) is 0.600. The lowest BCUT2D eigenvalue weighted by molar-refractivity contribution is 0.418. The van der Waals surface area contributed by atoms with Crippen molar-refractivity contribution in [1.82, 2.24) is 4.72 Å². The average Bonchev–Trinajstić information content (AvgIpc) is 2.69. The van der Waals surface area contributed by atoms with E-state index < -0.39 is 10.0 Å². The lowest BCUT2D eigenvalue weighted by Gasteiger charge is -2.27. The lowest BCUT2D eigenvalue weighted by atomic mass is 9.96. The van der Waals surface area contributed by atoms with E-state index in [1.165, 1.54) is 6.07 Å². The number of sulfonamides is 1. The van der Waals surface area contributed by atoms with Gasteiger partial charge in [0.25, 0.3) is 0 Å². The second-order valence-electron chi connectivity index (χ2n) is 4.09. The summed E-state index contributed by atoms with van der Waals surface area (Å²) < 4.78 is 27.5. The van der Waals surface area contributed by atoms with Gasteiger partial charge in [0, 0.05) is 11.4 Å². The van der Waals surface area contributed by atoms with Crippen LogP contribution in [-0.2, 0) is 10.0 Å². The highest BCUT2D eigenvalue weighted by Crippen LogP contribution is 2.28. The molecule has 17 heavy (non-hydrogen) atoms. The highest BCUT2D eigenvalue weighted by molar-refractivity contribution is 7.91. The summed E-state index contributed by atoms with van der Waals surface area (Å²) in [6, 6.07) is 2.93. The van der Waals surface area contributed by atoms with Crippen molar-refractivity contribution in [2.24, 2.45) is 0 Å². The standard InChI is InChI=1S/C10H13Cl2NO2S2/c11-7-3-1-2-4-8(7)13-17(14,15)10-6-5-9(12)16-10/h5-8,13H,1-4H2. The van der Waals surface area contributed by atoms with Gasteiger partial charge in [-0.05, 0) is 25.0 Å². The average molecular weight is 314 g/mol. The van der Waals surface area contributed by atoms with E-state index >= 15 is 0 Å². The minimum atomic E-state index is -3.47. The highest BCUT2D eigenvalue weighted by atomic mass is 35.5. The Morgan fingerprint density at radius 1 is 1.29 bits per heavy atom. The van der Waals surface area contributed by atoms with Crippen molar-refractivity contribution < 1.29 is 8.42 Å². The normalized spacial score (nSPS) is 26.0. The first-order valence-electron chi connectivity index (χ1n) is 5.41. The highest BCUT2D eigenvalue weighted by Gasteiger charge is 2.28. The van der Waals surface area contributed by atoms with Crippen molar-refractivity contribution in [3.05, 3.63) is 16.5 Å². The Balaban J connectivity index is 2.11. The number of nitrogens with one attached hydrogen (secondary N) is 1. The van der Waals surface area contributed by atoms with E-state index in [0.717, 1.165) is 37.0 Å². The molecular formula is C10H13Cl2NO2S2. The zero-order chi connectivity index (χ0) is 12.5. The summed E-state index contributed by atoms with van der Waals surface area (Å²) in [5.41, 5.74) is 0. The Hall–Kier alpha value is 0.190. The molecule has 1 saturated carbocycles. The Bertz CT molecular complexity index is 486. The second-order valence-corrected chi connectivity index (χ2v) is 8.30. The molecule has 0 bridgehead atoms. The molecule has 2 unspecified atom stereocenters. The summed E-state index contributed by atoms with van der Waals surface area (Å²) in [6.45, 7) is 0. The number of rotatable bonds is 3. The van der Waals surface area contributed by atoms with Crippen LogP contribution in [0.5, 0.6) is 0 Å². The maximum absolute atomic E-state index is 12.0. The molecule has 1 N–H and O–H groups in total. The Morgan fingerprint density at radius 2 is 2.00 bits per heavy atom. The maximum atomic E-state index is 12.0. The van der Waals surface area contributed by atoms with Gasteiger partial charge in [-0.15, -0.1) is 22.9 Å².